The van der Waals surface area contributed by atoms with Gasteiger partial charge in [-0.3, -0.25) is 9.69 Å². The Morgan fingerprint density at radius 3 is 2.67 bits per heavy atom. The van der Waals surface area contributed by atoms with E-state index in [2.05, 4.69) is 21.2 Å². The molecule has 0 bridgehead atoms. The van der Waals surface area contributed by atoms with Crippen molar-refractivity contribution < 1.29 is 14.3 Å². The minimum atomic E-state index is -0.638. The Hall–Kier alpha value is -1.56. The summed E-state index contributed by atoms with van der Waals surface area (Å²) >= 11 is 3.42. The van der Waals surface area contributed by atoms with Gasteiger partial charge < -0.3 is 10.1 Å². The first-order valence-corrected chi connectivity index (χ1v) is 7.81. The Bertz CT molecular complexity index is 597. The molecule has 1 N–H and O–H groups in total. The number of carbonyl (C=O) groups excluding carboxylic acids is 2. The van der Waals surface area contributed by atoms with Crippen LogP contribution in [0.25, 0.3) is 0 Å². The van der Waals surface area contributed by atoms with E-state index in [0.717, 1.165) is 41.5 Å². The molecule has 0 atom stereocenters. The Kier molecular flexibility index (Phi) is 3.65. The van der Waals surface area contributed by atoms with E-state index in [0.29, 0.717) is 0 Å². The van der Waals surface area contributed by atoms with Crippen molar-refractivity contribution >= 4 is 27.9 Å². The number of nitrogens with zero attached hydrogens (tertiary/aromatic N) is 1. The van der Waals surface area contributed by atoms with Crippen molar-refractivity contribution in [2.45, 2.75) is 37.8 Å². The van der Waals surface area contributed by atoms with Crippen LogP contribution in [0.4, 0.5) is 4.79 Å². The summed E-state index contributed by atoms with van der Waals surface area (Å²) in [6, 6.07) is 5.28. The third kappa shape index (κ3) is 2.41. The van der Waals surface area contributed by atoms with Crippen LogP contribution < -0.4 is 10.1 Å². The van der Waals surface area contributed by atoms with Crippen LogP contribution in [0.15, 0.2) is 22.7 Å². The third-order valence-corrected chi connectivity index (χ3v) is 4.88. The molecule has 0 unspecified atom stereocenters. The highest BCUT2D eigenvalue weighted by Crippen LogP contribution is 2.36. The Labute approximate surface area is 131 Å². The zero-order valence-corrected chi connectivity index (χ0v) is 13.4. The highest BCUT2D eigenvalue weighted by Gasteiger charge is 2.52. The van der Waals surface area contributed by atoms with E-state index >= 15 is 0 Å². The Balaban J connectivity index is 1.80. The number of ether oxygens (including phenoxy) is 1. The van der Waals surface area contributed by atoms with Crippen LogP contribution in [0, 0.1) is 0 Å². The minimum Gasteiger partial charge on any atom is -0.496 e. The average Bonchev–Trinajstić information content (AvgIpc) is 3.01. The molecule has 1 saturated heterocycles. The predicted octanol–water partition coefficient (Wildman–Crippen LogP) is 2.82. The van der Waals surface area contributed by atoms with Crippen molar-refractivity contribution in [3.8, 4) is 5.75 Å². The summed E-state index contributed by atoms with van der Waals surface area (Å²) in [6.07, 6.45) is 3.49. The van der Waals surface area contributed by atoms with E-state index in [1.807, 2.05) is 18.2 Å². The van der Waals surface area contributed by atoms with Gasteiger partial charge in [0.15, 0.2) is 0 Å². The van der Waals surface area contributed by atoms with Gasteiger partial charge in [0.2, 0.25) is 0 Å². The van der Waals surface area contributed by atoms with E-state index in [-0.39, 0.29) is 18.5 Å². The number of imide groups is 1. The van der Waals surface area contributed by atoms with Gasteiger partial charge in [-0.05, 0) is 46.5 Å². The first kappa shape index (κ1) is 14.4. The van der Waals surface area contributed by atoms with E-state index in [9.17, 15) is 9.59 Å². The molecular formula is C15H17BrN2O3. The summed E-state index contributed by atoms with van der Waals surface area (Å²) in [6.45, 7) is 0.287. The van der Waals surface area contributed by atoms with Gasteiger partial charge >= 0.3 is 6.03 Å². The summed E-state index contributed by atoms with van der Waals surface area (Å²) in [4.78, 5) is 26.0. The van der Waals surface area contributed by atoms with Crippen LogP contribution in [0.5, 0.6) is 5.75 Å². The molecule has 1 saturated carbocycles. The first-order valence-electron chi connectivity index (χ1n) is 7.02. The summed E-state index contributed by atoms with van der Waals surface area (Å²) in [5.74, 6) is 0.639. The normalized spacial score (nSPS) is 20.2. The number of urea groups is 1. The summed E-state index contributed by atoms with van der Waals surface area (Å²) in [5, 5.41) is 2.89. The molecule has 6 heteroatoms. The number of benzene rings is 1. The summed E-state index contributed by atoms with van der Waals surface area (Å²) in [5.41, 5.74) is 0.252. The predicted molar refractivity (Wildman–Crippen MR) is 81.0 cm³/mol. The molecule has 0 radical (unpaired) electrons. The maximum Gasteiger partial charge on any atom is 0.325 e. The van der Waals surface area contributed by atoms with Crippen LogP contribution in [0.2, 0.25) is 0 Å². The fourth-order valence-electron chi connectivity index (χ4n) is 3.13. The van der Waals surface area contributed by atoms with Crippen molar-refractivity contribution in [1.29, 1.82) is 0 Å². The topological polar surface area (TPSA) is 58.6 Å². The molecule has 3 rings (SSSR count). The number of nitrogens with one attached hydrogen (secondary N) is 1. The molecule has 1 aliphatic carbocycles. The van der Waals surface area contributed by atoms with Gasteiger partial charge in [0.25, 0.3) is 5.91 Å². The van der Waals surface area contributed by atoms with Crippen molar-refractivity contribution in [3.63, 3.8) is 0 Å². The van der Waals surface area contributed by atoms with Crippen LogP contribution >= 0.6 is 15.9 Å². The number of halogens is 1. The third-order valence-electron chi connectivity index (χ3n) is 4.26. The number of methoxy groups -OCH3 is 1. The lowest BCUT2D eigenvalue weighted by molar-refractivity contribution is -0.131. The van der Waals surface area contributed by atoms with E-state index < -0.39 is 5.54 Å². The Morgan fingerprint density at radius 1 is 1.33 bits per heavy atom. The quantitative estimate of drug-likeness (QED) is 0.851. The van der Waals surface area contributed by atoms with Crippen LogP contribution in [0.1, 0.15) is 31.2 Å². The molecule has 1 heterocycles. The molecule has 3 amide bonds. The maximum absolute atomic E-state index is 12.6. The standard InChI is InChI=1S/C15H17BrN2O3/c1-21-12-5-4-10(8-11(12)16)9-18-13(19)15(17-14(18)20)6-2-3-7-15/h4-5,8H,2-3,6-7,9H2,1H3,(H,17,20). The average molecular weight is 353 g/mol. The molecule has 2 aliphatic rings. The monoisotopic (exact) mass is 352 g/mol. The smallest absolute Gasteiger partial charge is 0.325 e. The molecule has 1 aromatic carbocycles. The van der Waals surface area contributed by atoms with Gasteiger partial charge in [-0.1, -0.05) is 18.9 Å². The van der Waals surface area contributed by atoms with Gasteiger partial charge in [0.1, 0.15) is 11.3 Å². The van der Waals surface area contributed by atoms with Crippen LogP contribution in [-0.2, 0) is 11.3 Å². The SMILES string of the molecule is COc1ccc(CN2C(=O)NC3(CCCC3)C2=O)cc1Br. The molecule has 112 valence electrons. The number of hydrogen-bond donors (Lipinski definition) is 1. The molecule has 0 aromatic heterocycles. The maximum atomic E-state index is 12.6. The lowest BCUT2D eigenvalue weighted by atomic mass is 9.98. The largest absolute Gasteiger partial charge is 0.496 e. The zero-order valence-electron chi connectivity index (χ0n) is 11.8. The molecule has 1 aliphatic heterocycles. The zero-order chi connectivity index (χ0) is 15.0. The van der Waals surface area contributed by atoms with Crippen molar-refractivity contribution in [3.05, 3.63) is 28.2 Å². The number of carbonyl (C=O) groups is 2. The van der Waals surface area contributed by atoms with E-state index in [1.165, 1.54) is 4.90 Å². The fraction of sp³-hybridized carbons (Fsp3) is 0.467. The minimum absolute atomic E-state index is 0.0862. The van der Waals surface area contributed by atoms with Crippen LogP contribution in [0.3, 0.4) is 0 Å². The van der Waals surface area contributed by atoms with Gasteiger partial charge in [0, 0.05) is 0 Å². The lowest BCUT2D eigenvalue weighted by Crippen LogP contribution is -2.44. The van der Waals surface area contributed by atoms with Crippen LogP contribution in [-0.4, -0.2) is 29.5 Å². The van der Waals surface area contributed by atoms with E-state index in [1.54, 1.807) is 7.11 Å². The van der Waals surface area contributed by atoms with Crippen molar-refractivity contribution in [1.82, 2.24) is 10.2 Å². The Morgan fingerprint density at radius 2 is 2.05 bits per heavy atom. The fourth-order valence-corrected chi connectivity index (χ4v) is 3.72. The number of rotatable bonds is 3. The molecule has 1 aromatic rings. The second-order valence-corrected chi connectivity index (χ2v) is 6.43. The van der Waals surface area contributed by atoms with Gasteiger partial charge in [0.05, 0.1) is 18.1 Å². The number of amides is 3. The van der Waals surface area contributed by atoms with Crippen molar-refractivity contribution in [2.24, 2.45) is 0 Å². The van der Waals surface area contributed by atoms with Gasteiger partial charge in [-0.15, -0.1) is 0 Å². The first-order chi connectivity index (χ1) is 10.1. The highest BCUT2D eigenvalue weighted by atomic mass is 79.9. The molecule has 2 fully saturated rings. The van der Waals surface area contributed by atoms with Crippen molar-refractivity contribution in [2.75, 3.05) is 7.11 Å². The highest BCUT2D eigenvalue weighted by molar-refractivity contribution is 9.10. The molecule has 1 spiro atoms. The molecule has 21 heavy (non-hydrogen) atoms. The van der Waals surface area contributed by atoms with Gasteiger partial charge in [-0.25, -0.2) is 4.79 Å². The lowest BCUT2D eigenvalue weighted by Gasteiger charge is -2.20. The number of hydrogen-bond acceptors (Lipinski definition) is 3. The summed E-state index contributed by atoms with van der Waals surface area (Å²) < 4.78 is 5.99. The second-order valence-electron chi connectivity index (χ2n) is 5.58. The molecule has 5 nitrogen and oxygen atoms in total. The van der Waals surface area contributed by atoms with Gasteiger partial charge in [-0.2, -0.15) is 0 Å². The van der Waals surface area contributed by atoms with E-state index in [4.69, 9.17) is 4.74 Å². The second kappa shape index (κ2) is 5.33. The summed E-state index contributed by atoms with van der Waals surface area (Å²) in [7, 11) is 1.60. The molecular weight excluding hydrogens is 336 g/mol.